The van der Waals surface area contributed by atoms with Crippen molar-refractivity contribution in [1.29, 1.82) is 0 Å². The van der Waals surface area contributed by atoms with Crippen molar-refractivity contribution in [2.45, 2.75) is 13.3 Å². The Bertz CT molecular complexity index is 86.1. The first-order valence-corrected chi connectivity index (χ1v) is 2.62. The molecule has 0 fully saturated rings. The van der Waals surface area contributed by atoms with E-state index in [4.69, 9.17) is 0 Å². The lowest BCUT2D eigenvalue weighted by Gasteiger charge is -1.79. The average molecular weight is 115 g/mol. The predicted octanol–water partition coefficient (Wildman–Crippen LogP) is 1.87. The molecule has 0 bridgehead atoms. The first kappa shape index (κ1) is 6.76. The highest BCUT2D eigenvalue weighted by molar-refractivity contribution is 7.84. The minimum Gasteiger partial charge on any atom is -0.255 e. The molecule has 0 aliphatic heterocycles. The molecule has 0 heterocycles. The molecule has 7 heavy (non-hydrogen) atoms. The minimum absolute atomic E-state index is 0.571. The lowest BCUT2D eigenvalue weighted by molar-refractivity contribution is 1.31. The molecule has 0 aromatic heterocycles. The Morgan fingerprint density at radius 3 is 2.71 bits per heavy atom. The van der Waals surface area contributed by atoms with Crippen LogP contribution in [0.3, 0.4) is 0 Å². The maximum atomic E-state index is 3.84. The molecule has 0 saturated carbocycles. The van der Waals surface area contributed by atoms with Gasteiger partial charge in [0.05, 0.1) is 5.03 Å². The molecule has 0 aromatic carbocycles. The van der Waals surface area contributed by atoms with E-state index < -0.39 is 0 Å². The molecule has 0 rings (SSSR count). The minimum atomic E-state index is 0.571. The van der Waals surface area contributed by atoms with Gasteiger partial charge in [-0.2, -0.15) is 0 Å². The molecule has 1 nitrogen and oxygen atoms in total. The molecule has 0 aliphatic rings. The Kier molecular flexibility index (Phi) is 3.80. The van der Waals surface area contributed by atoms with Crippen LogP contribution in [0.15, 0.2) is 16.6 Å². The van der Waals surface area contributed by atoms with Crippen molar-refractivity contribution in [2.24, 2.45) is 4.99 Å². The van der Waals surface area contributed by atoms with Crippen LogP contribution in [0.1, 0.15) is 13.3 Å². The second-order valence-corrected chi connectivity index (χ2v) is 1.65. The van der Waals surface area contributed by atoms with Crippen LogP contribution in [0.25, 0.3) is 0 Å². The Morgan fingerprint density at radius 2 is 2.57 bits per heavy atom. The second kappa shape index (κ2) is 3.93. The molecule has 0 saturated heterocycles. The second-order valence-electron chi connectivity index (χ2n) is 1.14. The van der Waals surface area contributed by atoms with Crippen molar-refractivity contribution in [3.63, 3.8) is 0 Å². The normalized spacial score (nSPS) is 10.0. The summed E-state index contributed by atoms with van der Waals surface area (Å²) in [5, 5.41) is 0.571. The SMILES string of the molecule is C=C(S)/N=C\CC. The number of nitrogens with zero attached hydrogens (tertiary/aromatic N) is 1. The number of thiol groups is 1. The lowest BCUT2D eigenvalue weighted by Crippen LogP contribution is -1.64. The summed E-state index contributed by atoms with van der Waals surface area (Å²) in [6.45, 7) is 5.47. The zero-order valence-corrected chi connectivity index (χ0v) is 5.28. The topological polar surface area (TPSA) is 12.4 Å². The van der Waals surface area contributed by atoms with Gasteiger partial charge in [0.2, 0.25) is 0 Å². The monoisotopic (exact) mass is 115 g/mol. The van der Waals surface area contributed by atoms with E-state index >= 15 is 0 Å². The van der Waals surface area contributed by atoms with Crippen LogP contribution in [0.4, 0.5) is 0 Å². The maximum absolute atomic E-state index is 3.84. The van der Waals surface area contributed by atoms with Crippen LogP contribution in [-0.2, 0) is 0 Å². The summed E-state index contributed by atoms with van der Waals surface area (Å²) in [6.07, 6.45) is 2.72. The summed E-state index contributed by atoms with van der Waals surface area (Å²) in [4.78, 5) is 3.79. The third-order valence-electron chi connectivity index (χ3n) is 0.423. The zero-order chi connectivity index (χ0) is 5.70. The molecule has 2 heteroatoms. The van der Waals surface area contributed by atoms with Gasteiger partial charge in [-0.05, 0) is 6.42 Å². The van der Waals surface area contributed by atoms with E-state index in [0.29, 0.717) is 5.03 Å². The molecule has 0 spiro atoms. The van der Waals surface area contributed by atoms with Crippen molar-refractivity contribution in [1.82, 2.24) is 0 Å². The largest absolute Gasteiger partial charge is 0.255 e. The summed E-state index contributed by atoms with van der Waals surface area (Å²) in [6, 6.07) is 0. The van der Waals surface area contributed by atoms with Crippen molar-refractivity contribution < 1.29 is 0 Å². The van der Waals surface area contributed by atoms with Crippen molar-refractivity contribution in [3.05, 3.63) is 11.6 Å². The smallest absolute Gasteiger partial charge is 0.0853 e. The molecule has 0 radical (unpaired) electrons. The third kappa shape index (κ3) is 5.76. The number of aliphatic imine (C=N–C) groups is 1. The Hall–Kier alpha value is -0.240. The van der Waals surface area contributed by atoms with Crippen LogP contribution in [0.2, 0.25) is 0 Å². The van der Waals surface area contributed by atoms with Gasteiger partial charge in [0.15, 0.2) is 0 Å². The van der Waals surface area contributed by atoms with Crippen LogP contribution in [0.5, 0.6) is 0 Å². The van der Waals surface area contributed by atoms with Gasteiger partial charge in [-0.1, -0.05) is 13.5 Å². The van der Waals surface area contributed by atoms with E-state index in [1.165, 1.54) is 0 Å². The fourth-order valence-corrected chi connectivity index (χ4v) is 0.278. The number of rotatable bonds is 2. The third-order valence-corrected chi connectivity index (χ3v) is 0.538. The Morgan fingerprint density at radius 1 is 2.00 bits per heavy atom. The van der Waals surface area contributed by atoms with Crippen molar-refractivity contribution in [2.75, 3.05) is 0 Å². The van der Waals surface area contributed by atoms with Gasteiger partial charge in [0.1, 0.15) is 0 Å². The van der Waals surface area contributed by atoms with Gasteiger partial charge in [0.25, 0.3) is 0 Å². The molecule has 0 aliphatic carbocycles. The molecular formula is C5H9NS. The Balaban J connectivity index is 3.26. The molecular weight excluding hydrogens is 106 g/mol. The van der Waals surface area contributed by atoms with Crippen LogP contribution >= 0.6 is 12.6 Å². The standard InChI is InChI=1S/C5H9NS/c1-3-4-6-5(2)7/h4,7H,2-3H2,1H3/b6-4-. The number of hydrogen-bond donors (Lipinski definition) is 1. The van der Waals surface area contributed by atoms with E-state index in [2.05, 4.69) is 24.2 Å². The molecule has 0 amide bonds. The van der Waals surface area contributed by atoms with Gasteiger partial charge >= 0.3 is 0 Å². The number of hydrogen-bond acceptors (Lipinski definition) is 2. The predicted molar refractivity (Wildman–Crippen MR) is 36.9 cm³/mol. The molecule has 0 unspecified atom stereocenters. The van der Waals surface area contributed by atoms with E-state index in [0.717, 1.165) is 6.42 Å². The van der Waals surface area contributed by atoms with Crippen molar-refractivity contribution in [3.8, 4) is 0 Å². The molecule has 0 atom stereocenters. The fourth-order valence-electron chi connectivity index (χ4n) is 0.197. The zero-order valence-electron chi connectivity index (χ0n) is 4.39. The highest BCUT2D eigenvalue weighted by Gasteiger charge is 1.69. The first-order valence-electron chi connectivity index (χ1n) is 2.17. The summed E-state index contributed by atoms with van der Waals surface area (Å²) in [7, 11) is 0. The highest BCUT2D eigenvalue weighted by atomic mass is 32.1. The van der Waals surface area contributed by atoms with Crippen LogP contribution in [-0.4, -0.2) is 6.21 Å². The average Bonchev–Trinajstić information content (AvgIpc) is 1.61. The van der Waals surface area contributed by atoms with Gasteiger partial charge in [-0.15, -0.1) is 12.6 Å². The fraction of sp³-hybridized carbons (Fsp3) is 0.400. The lowest BCUT2D eigenvalue weighted by atomic mass is 10.5. The van der Waals surface area contributed by atoms with Gasteiger partial charge in [-0.25, -0.2) is 0 Å². The van der Waals surface area contributed by atoms with E-state index in [9.17, 15) is 0 Å². The maximum Gasteiger partial charge on any atom is 0.0853 e. The van der Waals surface area contributed by atoms with Crippen molar-refractivity contribution >= 4 is 18.8 Å². The summed E-state index contributed by atoms with van der Waals surface area (Å²) < 4.78 is 0. The Labute approximate surface area is 49.6 Å². The summed E-state index contributed by atoms with van der Waals surface area (Å²) in [5.74, 6) is 0. The molecule has 0 aromatic rings. The first-order chi connectivity index (χ1) is 3.27. The van der Waals surface area contributed by atoms with Gasteiger partial charge < -0.3 is 0 Å². The van der Waals surface area contributed by atoms with Crippen LogP contribution < -0.4 is 0 Å². The molecule has 40 valence electrons. The van der Waals surface area contributed by atoms with Crippen LogP contribution in [0, 0.1) is 0 Å². The van der Waals surface area contributed by atoms with E-state index in [1.807, 2.05) is 6.92 Å². The van der Waals surface area contributed by atoms with Gasteiger partial charge in [0, 0.05) is 6.21 Å². The summed E-state index contributed by atoms with van der Waals surface area (Å²) >= 11 is 3.84. The quantitative estimate of drug-likeness (QED) is 0.416. The highest BCUT2D eigenvalue weighted by Crippen LogP contribution is 1.94. The van der Waals surface area contributed by atoms with Gasteiger partial charge in [-0.3, -0.25) is 4.99 Å². The molecule has 0 N–H and O–H groups in total. The van der Waals surface area contributed by atoms with E-state index in [-0.39, 0.29) is 0 Å². The van der Waals surface area contributed by atoms with E-state index in [1.54, 1.807) is 6.21 Å². The summed E-state index contributed by atoms with van der Waals surface area (Å²) in [5.41, 5.74) is 0.